The Morgan fingerprint density at radius 1 is 1.26 bits per heavy atom. The van der Waals surface area contributed by atoms with Crippen molar-refractivity contribution in [2.24, 2.45) is 5.73 Å². The molecule has 1 aromatic rings. The van der Waals surface area contributed by atoms with Gasteiger partial charge in [-0.15, -0.1) is 0 Å². The van der Waals surface area contributed by atoms with E-state index < -0.39 is 0 Å². The first kappa shape index (κ1) is 14.1. The van der Waals surface area contributed by atoms with Gasteiger partial charge in [0.15, 0.2) is 0 Å². The van der Waals surface area contributed by atoms with Crippen LogP contribution in [0.3, 0.4) is 0 Å². The van der Waals surface area contributed by atoms with Gasteiger partial charge in [0.25, 0.3) is 0 Å². The van der Waals surface area contributed by atoms with Crippen LogP contribution in [0.4, 0.5) is 0 Å². The maximum atomic E-state index is 5.97. The molecule has 0 heterocycles. The number of benzene rings is 1. The van der Waals surface area contributed by atoms with Gasteiger partial charge in [-0.1, -0.05) is 18.2 Å². The van der Waals surface area contributed by atoms with Gasteiger partial charge in [0.2, 0.25) is 0 Å². The van der Waals surface area contributed by atoms with Crippen molar-refractivity contribution in [1.29, 1.82) is 0 Å². The molecule has 2 heteroatoms. The molecule has 1 fully saturated rings. The summed E-state index contributed by atoms with van der Waals surface area (Å²) < 4.78 is 5.97. The van der Waals surface area contributed by atoms with Gasteiger partial charge in [0.05, 0.1) is 6.10 Å². The molecule has 1 saturated carbocycles. The lowest BCUT2D eigenvalue weighted by Gasteiger charge is -2.13. The average molecular weight is 259 g/mol. The zero-order valence-corrected chi connectivity index (χ0v) is 11.9. The summed E-state index contributed by atoms with van der Waals surface area (Å²) >= 11 is 0. The van der Waals surface area contributed by atoms with E-state index in [0.29, 0.717) is 6.10 Å². The van der Waals surface area contributed by atoms with Gasteiger partial charge in [-0.2, -0.15) is 0 Å². The molecule has 0 aromatic heterocycles. The van der Waals surface area contributed by atoms with Crippen LogP contribution in [0.1, 0.15) is 51.0 Å². The van der Waals surface area contributed by atoms with E-state index >= 15 is 0 Å². The number of hydrogen-bond donors (Lipinski definition) is 1. The van der Waals surface area contributed by atoms with E-state index in [1.807, 2.05) is 0 Å². The zero-order valence-electron chi connectivity index (χ0n) is 11.9. The summed E-state index contributed by atoms with van der Waals surface area (Å²) in [6, 6.07) is 8.49. The molecule has 19 heavy (non-hydrogen) atoms. The SMILES string of the molecule is C/C(=C\CCCN)c1ccc(OC2CCCC2)cc1. The molecule has 2 rings (SSSR count). The third kappa shape index (κ3) is 4.39. The van der Waals surface area contributed by atoms with Crippen molar-refractivity contribution in [3.8, 4) is 5.75 Å². The van der Waals surface area contributed by atoms with Crippen LogP contribution < -0.4 is 10.5 Å². The average Bonchev–Trinajstić information content (AvgIpc) is 2.93. The lowest BCUT2D eigenvalue weighted by molar-refractivity contribution is 0.210. The van der Waals surface area contributed by atoms with E-state index in [1.165, 1.54) is 36.8 Å². The Bertz CT molecular complexity index is 402. The molecular weight excluding hydrogens is 234 g/mol. The van der Waals surface area contributed by atoms with Gasteiger partial charge in [-0.25, -0.2) is 0 Å². The monoisotopic (exact) mass is 259 g/mol. The fourth-order valence-corrected chi connectivity index (χ4v) is 2.55. The molecule has 1 aliphatic rings. The Morgan fingerprint density at radius 3 is 2.58 bits per heavy atom. The smallest absolute Gasteiger partial charge is 0.119 e. The molecule has 0 atom stereocenters. The third-order valence-electron chi connectivity index (χ3n) is 3.77. The second-order valence-electron chi connectivity index (χ2n) is 5.37. The number of hydrogen-bond acceptors (Lipinski definition) is 2. The van der Waals surface area contributed by atoms with Crippen molar-refractivity contribution in [1.82, 2.24) is 0 Å². The predicted octanol–water partition coefficient (Wildman–Crippen LogP) is 4.15. The van der Waals surface area contributed by atoms with Crippen LogP contribution in [0.25, 0.3) is 5.57 Å². The highest BCUT2D eigenvalue weighted by molar-refractivity contribution is 5.64. The Morgan fingerprint density at radius 2 is 1.95 bits per heavy atom. The molecule has 1 aliphatic carbocycles. The molecule has 2 nitrogen and oxygen atoms in total. The second-order valence-corrected chi connectivity index (χ2v) is 5.37. The molecular formula is C17H25NO. The zero-order chi connectivity index (χ0) is 13.5. The first-order chi connectivity index (χ1) is 9.29. The molecule has 0 saturated heterocycles. The van der Waals surface area contributed by atoms with Gasteiger partial charge in [0, 0.05) is 0 Å². The minimum atomic E-state index is 0.437. The van der Waals surface area contributed by atoms with Crippen LogP contribution in [-0.2, 0) is 0 Å². The Labute approximate surface area is 116 Å². The van der Waals surface area contributed by atoms with Crippen LogP contribution in [-0.4, -0.2) is 12.6 Å². The van der Waals surface area contributed by atoms with E-state index in [-0.39, 0.29) is 0 Å². The fourth-order valence-electron chi connectivity index (χ4n) is 2.55. The van der Waals surface area contributed by atoms with Gasteiger partial charge >= 0.3 is 0 Å². The van der Waals surface area contributed by atoms with Crippen molar-refractivity contribution in [3.05, 3.63) is 35.9 Å². The minimum absolute atomic E-state index is 0.437. The minimum Gasteiger partial charge on any atom is -0.490 e. The number of ether oxygens (including phenoxy) is 1. The molecule has 0 amide bonds. The summed E-state index contributed by atoms with van der Waals surface area (Å²) in [5, 5.41) is 0. The first-order valence-corrected chi connectivity index (χ1v) is 7.43. The van der Waals surface area contributed by atoms with Crippen molar-refractivity contribution < 1.29 is 4.74 Å². The summed E-state index contributed by atoms with van der Waals surface area (Å²) in [7, 11) is 0. The molecule has 0 aliphatic heterocycles. The van der Waals surface area contributed by atoms with Crippen LogP contribution in [0.15, 0.2) is 30.3 Å². The number of nitrogens with two attached hydrogens (primary N) is 1. The highest BCUT2D eigenvalue weighted by Gasteiger charge is 2.16. The maximum absolute atomic E-state index is 5.97. The fraction of sp³-hybridized carbons (Fsp3) is 0.529. The van der Waals surface area contributed by atoms with Crippen molar-refractivity contribution in [2.75, 3.05) is 6.54 Å². The third-order valence-corrected chi connectivity index (χ3v) is 3.77. The lowest BCUT2D eigenvalue weighted by atomic mass is 10.1. The normalized spacial score (nSPS) is 16.8. The Kier molecular flexibility index (Phi) is 5.46. The number of unbranched alkanes of at least 4 members (excludes halogenated alkanes) is 1. The van der Waals surface area contributed by atoms with E-state index in [2.05, 4.69) is 37.3 Å². The topological polar surface area (TPSA) is 35.2 Å². The largest absolute Gasteiger partial charge is 0.490 e. The van der Waals surface area contributed by atoms with Crippen LogP contribution in [0, 0.1) is 0 Å². The molecule has 104 valence electrons. The van der Waals surface area contributed by atoms with Crippen molar-refractivity contribution in [3.63, 3.8) is 0 Å². The quantitative estimate of drug-likeness (QED) is 0.779. The predicted molar refractivity (Wildman–Crippen MR) is 81.3 cm³/mol. The summed E-state index contributed by atoms with van der Waals surface area (Å²) in [6.07, 6.45) is 9.85. The van der Waals surface area contributed by atoms with Crippen LogP contribution >= 0.6 is 0 Å². The van der Waals surface area contributed by atoms with E-state index in [1.54, 1.807) is 0 Å². The number of allylic oxidation sites excluding steroid dienone is 2. The highest BCUT2D eigenvalue weighted by atomic mass is 16.5. The molecule has 0 bridgehead atoms. The Hall–Kier alpha value is -1.28. The summed E-state index contributed by atoms with van der Waals surface area (Å²) in [5.41, 5.74) is 8.10. The summed E-state index contributed by atoms with van der Waals surface area (Å²) in [6.45, 7) is 2.92. The van der Waals surface area contributed by atoms with E-state index in [0.717, 1.165) is 25.1 Å². The first-order valence-electron chi connectivity index (χ1n) is 7.43. The lowest BCUT2D eigenvalue weighted by Crippen LogP contribution is -2.10. The molecule has 0 radical (unpaired) electrons. The summed E-state index contributed by atoms with van der Waals surface area (Å²) in [4.78, 5) is 0. The molecule has 0 spiro atoms. The molecule has 1 aromatic carbocycles. The molecule has 0 unspecified atom stereocenters. The Balaban J connectivity index is 1.91. The maximum Gasteiger partial charge on any atom is 0.119 e. The standard InChI is InChI=1S/C17H25NO/c1-14(6-4-5-13-18)15-9-11-17(12-10-15)19-16-7-2-3-8-16/h6,9-12,16H,2-5,7-8,13,18H2,1H3/b14-6+. The summed E-state index contributed by atoms with van der Waals surface area (Å²) in [5.74, 6) is 1.01. The van der Waals surface area contributed by atoms with Crippen molar-refractivity contribution in [2.45, 2.75) is 51.6 Å². The van der Waals surface area contributed by atoms with Gasteiger partial charge < -0.3 is 10.5 Å². The van der Waals surface area contributed by atoms with Crippen molar-refractivity contribution >= 4 is 5.57 Å². The number of rotatable bonds is 6. The van der Waals surface area contributed by atoms with Crippen LogP contribution in [0.5, 0.6) is 5.75 Å². The van der Waals surface area contributed by atoms with E-state index in [4.69, 9.17) is 10.5 Å². The van der Waals surface area contributed by atoms with Gasteiger partial charge in [-0.3, -0.25) is 0 Å². The second kappa shape index (κ2) is 7.34. The van der Waals surface area contributed by atoms with E-state index in [9.17, 15) is 0 Å². The van der Waals surface area contributed by atoms with Crippen LogP contribution in [0.2, 0.25) is 0 Å². The highest BCUT2D eigenvalue weighted by Crippen LogP contribution is 2.25. The molecule has 2 N–H and O–H groups in total. The van der Waals surface area contributed by atoms with Gasteiger partial charge in [-0.05, 0) is 75.3 Å². The van der Waals surface area contributed by atoms with Gasteiger partial charge in [0.1, 0.15) is 5.75 Å².